The summed E-state index contributed by atoms with van der Waals surface area (Å²) in [5.74, 6) is 7.06. The van der Waals surface area contributed by atoms with Gasteiger partial charge in [-0.15, -0.1) is 0 Å². The van der Waals surface area contributed by atoms with E-state index in [1.807, 2.05) is 10.3 Å². The Hall–Kier alpha value is 0.570. The summed E-state index contributed by atoms with van der Waals surface area (Å²) in [6, 6.07) is -0.0168. The number of hydrogen-bond donors (Lipinski definition) is 3. The molecule has 0 amide bonds. The van der Waals surface area contributed by atoms with Crippen LogP contribution in [-0.4, -0.2) is 31.9 Å². The molecule has 5 atom stereocenters. The molecule has 1 unspecified atom stereocenters. The summed E-state index contributed by atoms with van der Waals surface area (Å²) in [5.41, 5.74) is 6.11. The van der Waals surface area contributed by atoms with Crippen molar-refractivity contribution in [1.82, 2.24) is 3.22 Å². The number of hydrazine groups is 1. The minimum absolute atomic E-state index is 0.0168. The second-order valence-corrected chi connectivity index (χ2v) is 8.84. The molecule has 0 aromatic carbocycles. The van der Waals surface area contributed by atoms with Crippen LogP contribution in [0, 0.1) is 23.2 Å². The second kappa shape index (κ2) is 5.69. The quantitative estimate of drug-likeness (QED) is 0.161. The van der Waals surface area contributed by atoms with Gasteiger partial charge in [-0.05, 0) is 0 Å². The molecule has 0 spiro atoms. The minimum atomic E-state index is -0.295. The molecule has 0 bridgehead atoms. The number of nitrogens with zero attached hydrogens (tertiary/aromatic N) is 1. The second-order valence-electron chi connectivity index (χ2n) is 5.87. The summed E-state index contributed by atoms with van der Waals surface area (Å²) in [6.45, 7) is 9.08. The molecule has 1 aliphatic carbocycles. The van der Waals surface area contributed by atoms with E-state index in [0.717, 1.165) is 4.43 Å². The normalized spacial score (nSPS) is 34.1. The van der Waals surface area contributed by atoms with Crippen LogP contribution in [0.1, 0.15) is 27.7 Å². The van der Waals surface area contributed by atoms with E-state index >= 15 is 0 Å². The van der Waals surface area contributed by atoms with Crippen LogP contribution in [0.3, 0.4) is 0 Å². The fourth-order valence-corrected chi connectivity index (χ4v) is 5.28. The number of alkyl halides is 1. The zero-order valence-corrected chi connectivity index (χ0v) is 13.7. The molecule has 4 nitrogen and oxygen atoms in total. The zero-order valence-electron chi connectivity index (χ0n) is 11.5. The van der Waals surface area contributed by atoms with Gasteiger partial charge in [-0.2, -0.15) is 0 Å². The van der Waals surface area contributed by atoms with Crippen molar-refractivity contribution in [3.63, 3.8) is 0 Å². The van der Waals surface area contributed by atoms with Crippen molar-refractivity contribution < 1.29 is 26.6 Å². The maximum atomic E-state index is 9.74. The Morgan fingerprint density at radius 3 is 2.18 bits per heavy atom. The standard InChI is InChI=1S/C12H27IN3O/c1-7(2)12(4,6-13-16(5)15)8(3)9-10(14)11(9)17/h7-11,17H,6,14-15H2,1-5H3/q-1/t8-,9-,10+,11-,12?/m0/s1. The topological polar surface area (TPSA) is 75.5 Å². The first-order valence-electron chi connectivity index (χ1n) is 6.23. The van der Waals surface area contributed by atoms with Crippen molar-refractivity contribution >= 4 is 0 Å². The van der Waals surface area contributed by atoms with Crippen LogP contribution in [-0.2, 0) is 0 Å². The fraction of sp³-hybridized carbons (Fsp3) is 1.00. The molecule has 0 radical (unpaired) electrons. The SMILES string of the molecule is CC(C)C(C)(C[I-]N(C)N)[C@@H](C)[C@H]1[C@@H](N)[C@H]1O. The molecule has 17 heavy (non-hydrogen) atoms. The van der Waals surface area contributed by atoms with Crippen molar-refractivity contribution in [2.75, 3.05) is 11.5 Å². The van der Waals surface area contributed by atoms with Crippen molar-refractivity contribution in [3.8, 4) is 0 Å². The molecule has 1 fully saturated rings. The number of rotatable bonds is 6. The van der Waals surface area contributed by atoms with Crippen molar-refractivity contribution in [3.05, 3.63) is 0 Å². The molecule has 0 saturated heterocycles. The Labute approximate surface area is 116 Å². The fourth-order valence-electron chi connectivity index (χ4n) is 2.44. The molecule has 0 aliphatic heterocycles. The van der Waals surface area contributed by atoms with Crippen molar-refractivity contribution in [2.24, 2.45) is 34.7 Å². The van der Waals surface area contributed by atoms with E-state index in [9.17, 15) is 5.11 Å². The third-order valence-corrected chi connectivity index (χ3v) is 7.63. The van der Waals surface area contributed by atoms with Crippen LogP contribution in [0.25, 0.3) is 0 Å². The van der Waals surface area contributed by atoms with Gasteiger partial charge in [0, 0.05) is 0 Å². The Balaban J connectivity index is 2.70. The molecule has 5 N–H and O–H groups in total. The number of aliphatic hydroxyl groups is 1. The first-order chi connectivity index (χ1) is 7.71. The summed E-state index contributed by atoms with van der Waals surface area (Å²) >= 11 is -0.130. The molecule has 1 rings (SSSR count). The van der Waals surface area contributed by atoms with E-state index < -0.39 is 0 Å². The summed E-state index contributed by atoms with van der Waals surface area (Å²) in [6.07, 6.45) is -0.295. The van der Waals surface area contributed by atoms with Crippen LogP contribution in [0.2, 0.25) is 0 Å². The van der Waals surface area contributed by atoms with Gasteiger partial charge in [0.1, 0.15) is 0 Å². The van der Waals surface area contributed by atoms with Gasteiger partial charge in [-0.25, -0.2) is 0 Å². The number of nitrogens with two attached hydrogens (primary N) is 2. The molecular formula is C12H27IN3O-. The molecule has 5 heteroatoms. The van der Waals surface area contributed by atoms with Crippen LogP contribution in [0.15, 0.2) is 0 Å². The Kier molecular flexibility index (Phi) is 5.23. The predicted octanol–water partition coefficient (Wildman–Crippen LogP) is -2.59. The van der Waals surface area contributed by atoms with E-state index in [0.29, 0.717) is 11.8 Å². The van der Waals surface area contributed by atoms with Crippen LogP contribution in [0.5, 0.6) is 0 Å². The average molecular weight is 356 g/mol. The van der Waals surface area contributed by atoms with Gasteiger partial charge in [0.05, 0.1) is 0 Å². The van der Waals surface area contributed by atoms with Crippen LogP contribution in [0.4, 0.5) is 0 Å². The van der Waals surface area contributed by atoms with Crippen LogP contribution < -0.4 is 33.1 Å². The Bertz CT molecular complexity index is 254. The van der Waals surface area contributed by atoms with E-state index in [1.165, 1.54) is 0 Å². The third-order valence-electron chi connectivity index (χ3n) is 4.56. The molecule has 1 aliphatic rings. The third kappa shape index (κ3) is 3.32. The van der Waals surface area contributed by atoms with Gasteiger partial charge >= 0.3 is 116 Å². The van der Waals surface area contributed by atoms with Crippen molar-refractivity contribution in [2.45, 2.75) is 39.8 Å². The summed E-state index contributed by atoms with van der Waals surface area (Å²) in [4.78, 5) is 0. The summed E-state index contributed by atoms with van der Waals surface area (Å²) < 4.78 is 2.99. The molecular weight excluding hydrogens is 329 g/mol. The van der Waals surface area contributed by atoms with Gasteiger partial charge in [0.25, 0.3) is 0 Å². The average Bonchev–Trinajstić information content (AvgIpc) is 2.82. The first-order valence-corrected chi connectivity index (χ1v) is 8.72. The van der Waals surface area contributed by atoms with E-state index in [2.05, 4.69) is 27.7 Å². The Morgan fingerprint density at radius 1 is 1.41 bits per heavy atom. The molecule has 1 saturated carbocycles. The van der Waals surface area contributed by atoms with Gasteiger partial charge < -0.3 is 0 Å². The van der Waals surface area contributed by atoms with Crippen LogP contribution >= 0.6 is 0 Å². The number of halogens is 1. The van der Waals surface area contributed by atoms with Gasteiger partial charge in [0.2, 0.25) is 0 Å². The number of aliphatic hydroxyl groups excluding tert-OH is 1. The van der Waals surface area contributed by atoms with E-state index in [-0.39, 0.29) is 45.0 Å². The maximum absolute atomic E-state index is 9.74. The number of hydrogen-bond acceptors (Lipinski definition) is 4. The summed E-state index contributed by atoms with van der Waals surface area (Å²) in [5, 5.41) is 9.74. The van der Waals surface area contributed by atoms with E-state index in [1.54, 1.807) is 0 Å². The predicted molar refractivity (Wildman–Crippen MR) is 66.4 cm³/mol. The molecule has 104 valence electrons. The monoisotopic (exact) mass is 356 g/mol. The summed E-state index contributed by atoms with van der Waals surface area (Å²) in [7, 11) is 1.94. The molecule has 0 aromatic rings. The van der Waals surface area contributed by atoms with E-state index in [4.69, 9.17) is 11.6 Å². The van der Waals surface area contributed by atoms with Gasteiger partial charge in [0.15, 0.2) is 0 Å². The van der Waals surface area contributed by atoms with Crippen molar-refractivity contribution in [1.29, 1.82) is 0 Å². The Morgan fingerprint density at radius 2 is 1.88 bits per heavy atom. The van der Waals surface area contributed by atoms with Gasteiger partial charge in [-0.1, -0.05) is 0 Å². The van der Waals surface area contributed by atoms with Gasteiger partial charge in [-0.3, -0.25) is 0 Å². The molecule has 0 aromatic heterocycles. The first kappa shape index (κ1) is 15.6. The zero-order chi connectivity index (χ0) is 13.4. The molecule has 0 heterocycles.